The molecule has 12 heteroatoms. The molecule has 0 saturated carbocycles. The molecule has 0 bridgehead atoms. The van der Waals surface area contributed by atoms with Crippen LogP contribution in [0.15, 0.2) is 78.9 Å². The number of thioether (sulfide) groups is 1. The highest BCUT2D eigenvalue weighted by molar-refractivity contribution is 7.99. The number of ether oxygens (including phenoxy) is 4. The number of benzene rings is 4. The molecule has 1 atom stereocenters. The van der Waals surface area contributed by atoms with Crippen LogP contribution in [0.2, 0.25) is 10.0 Å². The van der Waals surface area contributed by atoms with Gasteiger partial charge in [0.25, 0.3) is 0 Å². The number of methoxy groups -OCH3 is 3. The van der Waals surface area contributed by atoms with Crippen LogP contribution < -0.4 is 19.5 Å². The first kappa shape index (κ1) is 40.0. The molecule has 4 aromatic carbocycles. The Kier molecular flexibility index (Phi) is 13.2. The topological polar surface area (TPSA) is 72.5 Å². The Bertz CT molecular complexity index is 1880. The van der Waals surface area contributed by atoms with E-state index in [1.165, 1.54) is 23.3 Å². The fraction of sp³-hybridized carbons (Fsp3) is 0.405. The van der Waals surface area contributed by atoms with E-state index < -0.39 is 5.54 Å². The first-order valence-corrected chi connectivity index (χ1v) is 19.9. The molecule has 6 rings (SSSR count). The fourth-order valence-corrected chi connectivity index (χ4v) is 9.53. The van der Waals surface area contributed by atoms with Gasteiger partial charge in [0.15, 0.2) is 11.5 Å². The Hall–Kier alpha value is -3.67. The van der Waals surface area contributed by atoms with E-state index in [1.54, 1.807) is 51.5 Å². The normalized spacial score (nSPS) is 16.1. The van der Waals surface area contributed by atoms with E-state index in [0.29, 0.717) is 33.7 Å². The zero-order chi connectivity index (χ0) is 38.3. The lowest BCUT2D eigenvalue weighted by molar-refractivity contribution is 0.00244. The number of likely N-dealkylation sites (N-methyl/N-ethyl adjacent to an activating group) is 1. The molecule has 2 aliphatic rings. The average molecular weight is 797 g/mol. The number of urea groups is 1. The Morgan fingerprint density at radius 2 is 1.63 bits per heavy atom. The Balaban J connectivity index is 1.24. The molecule has 288 valence electrons. The lowest BCUT2D eigenvalue weighted by atomic mass is 9.83. The summed E-state index contributed by atoms with van der Waals surface area (Å²) in [6.45, 7) is 3.46. The highest BCUT2D eigenvalue weighted by Gasteiger charge is 2.43. The van der Waals surface area contributed by atoms with Crippen LogP contribution in [-0.4, -0.2) is 70.4 Å². The number of rotatable bonds is 15. The van der Waals surface area contributed by atoms with E-state index in [1.807, 2.05) is 24.3 Å². The van der Waals surface area contributed by atoms with Crippen molar-refractivity contribution in [2.45, 2.75) is 54.9 Å². The quantitative estimate of drug-likeness (QED) is 0.129. The van der Waals surface area contributed by atoms with Crippen LogP contribution in [0.4, 0.5) is 9.18 Å². The summed E-state index contributed by atoms with van der Waals surface area (Å²) in [5, 5.41) is 3.85. The van der Waals surface area contributed by atoms with Gasteiger partial charge in [-0.1, -0.05) is 65.7 Å². The lowest BCUT2D eigenvalue weighted by Gasteiger charge is -2.43. The molecule has 2 amide bonds. The van der Waals surface area contributed by atoms with Gasteiger partial charge in [0.2, 0.25) is 5.75 Å². The number of carbonyl (C=O) groups excluding carboxylic acids is 1. The van der Waals surface area contributed by atoms with Gasteiger partial charge in [0, 0.05) is 24.1 Å². The smallest absolute Gasteiger partial charge is 0.318 e. The minimum absolute atomic E-state index is 0.151. The third kappa shape index (κ3) is 8.74. The van der Waals surface area contributed by atoms with Crippen molar-refractivity contribution in [3.05, 3.63) is 123 Å². The standard InChI is InChI=1S/C42H48Cl2FN3O5S/c1-47(40(49)46-25-29-10-13-33(45)14-11-29)41(32-12-15-35(43)36(44)24-32,28-53-26-30-22-37(50-2)39(52-4)38(23-30)51-3)16-7-19-48-20-17-42(18-21-48)34-9-6-5-8-31(34)27-54-42/h5-6,8-15,22-24H,7,16-21,25-28H2,1-4H3,(H,46,49)/t41-/m1/s1. The maximum absolute atomic E-state index is 14.1. The van der Waals surface area contributed by atoms with Gasteiger partial charge in [0.05, 0.1) is 50.1 Å². The lowest BCUT2D eigenvalue weighted by Crippen LogP contribution is -2.54. The minimum Gasteiger partial charge on any atom is -0.493 e. The molecule has 1 N–H and O–H groups in total. The van der Waals surface area contributed by atoms with Crippen molar-refractivity contribution in [1.82, 2.24) is 15.1 Å². The number of likely N-dealkylation sites (tertiary alicyclic amines) is 1. The number of hydrogen-bond acceptors (Lipinski definition) is 7. The van der Waals surface area contributed by atoms with Crippen molar-refractivity contribution >= 4 is 41.0 Å². The summed E-state index contributed by atoms with van der Waals surface area (Å²) in [6.07, 6.45) is 3.59. The molecule has 2 aliphatic heterocycles. The number of nitrogens with zero attached hydrogens (tertiary/aromatic N) is 2. The van der Waals surface area contributed by atoms with Gasteiger partial charge < -0.3 is 34.1 Å². The molecule has 0 aromatic heterocycles. The third-order valence-corrected chi connectivity index (χ3v) is 13.2. The second kappa shape index (κ2) is 17.9. The second-order valence-corrected chi connectivity index (χ2v) is 16.1. The predicted octanol–water partition coefficient (Wildman–Crippen LogP) is 9.43. The zero-order valence-corrected chi connectivity index (χ0v) is 33.6. The van der Waals surface area contributed by atoms with Crippen LogP contribution in [-0.2, 0) is 33.9 Å². The van der Waals surface area contributed by atoms with Gasteiger partial charge in [-0.2, -0.15) is 0 Å². The number of piperidine rings is 1. The van der Waals surface area contributed by atoms with Crippen molar-refractivity contribution < 1.29 is 28.1 Å². The molecule has 1 saturated heterocycles. The summed E-state index contributed by atoms with van der Waals surface area (Å²) in [5.41, 5.74) is 4.42. The molecule has 8 nitrogen and oxygen atoms in total. The van der Waals surface area contributed by atoms with Crippen LogP contribution in [0, 0.1) is 5.82 Å². The molecule has 1 spiro atoms. The number of carbonyl (C=O) groups is 1. The van der Waals surface area contributed by atoms with Gasteiger partial charge in [-0.15, -0.1) is 11.8 Å². The second-order valence-electron chi connectivity index (χ2n) is 13.9. The molecule has 0 aliphatic carbocycles. The van der Waals surface area contributed by atoms with Crippen molar-refractivity contribution in [3.8, 4) is 17.2 Å². The average Bonchev–Trinajstić information content (AvgIpc) is 3.55. The summed E-state index contributed by atoms with van der Waals surface area (Å²) in [7, 11) is 6.49. The number of halogens is 3. The molecule has 0 radical (unpaired) electrons. The minimum atomic E-state index is -0.945. The number of amides is 2. The first-order valence-electron chi connectivity index (χ1n) is 18.1. The van der Waals surface area contributed by atoms with Crippen molar-refractivity contribution in [2.75, 3.05) is 54.6 Å². The van der Waals surface area contributed by atoms with E-state index in [0.717, 1.165) is 61.3 Å². The van der Waals surface area contributed by atoms with Gasteiger partial charge in [0.1, 0.15) is 5.82 Å². The van der Waals surface area contributed by atoms with Crippen LogP contribution in [0.3, 0.4) is 0 Å². The van der Waals surface area contributed by atoms with Gasteiger partial charge in [-0.3, -0.25) is 0 Å². The number of fused-ring (bicyclic) bond motifs is 2. The SMILES string of the molecule is COc1cc(COC[C@](CCCN2CCC3(CC2)SCc2ccccc23)(c2ccc(Cl)c(Cl)c2)N(C)C(=O)NCc2ccc(F)cc2)cc(OC)c1OC. The Morgan fingerprint density at radius 3 is 2.30 bits per heavy atom. The molecular weight excluding hydrogens is 748 g/mol. The third-order valence-electron chi connectivity index (χ3n) is 10.8. The van der Waals surface area contributed by atoms with Gasteiger partial charge in [-0.05, 0) is 110 Å². The molecular formula is C42H48Cl2FN3O5S. The predicted molar refractivity (Wildman–Crippen MR) is 215 cm³/mol. The van der Waals surface area contributed by atoms with E-state index in [9.17, 15) is 9.18 Å². The van der Waals surface area contributed by atoms with Crippen LogP contribution in [0.1, 0.15) is 53.5 Å². The summed E-state index contributed by atoms with van der Waals surface area (Å²) >= 11 is 15.2. The summed E-state index contributed by atoms with van der Waals surface area (Å²) < 4.78 is 37.1. The maximum Gasteiger partial charge on any atom is 0.318 e. The van der Waals surface area contributed by atoms with E-state index >= 15 is 0 Å². The van der Waals surface area contributed by atoms with Gasteiger partial charge >= 0.3 is 6.03 Å². The number of nitrogens with one attached hydrogen (secondary N) is 1. The highest BCUT2D eigenvalue weighted by atomic mass is 35.5. The van der Waals surface area contributed by atoms with Crippen molar-refractivity contribution in [1.29, 1.82) is 0 Å². The molecule has 1 fully saturated rings. The molecule has 4 aromatic rings. The van der Waals surface area contributed by atoms with Crippen molar-refractivity contribution in [3.63, 3.8) is 0 Å². The molecule has 0 unspecified atom stereocenters. The van der Waals surface area contributed by atoms with E-state index in [4.69, 9.17) is 42.1 Å². The van der Waals surface area contributed by atoms with Crippen molar-refractivity contribution in [2.24, 2.45) is 0 Å². The monoisotopic (exact) mass is 795 g/mol. The fourth-order valence-electron chi connectivity index (χ4n) is 7.72. The van der Waals surface area contributed by atoms with Crippen LogP contribution in [0.5, 0.6) is 17.2 Å². The summed E-state index contributed by atoms with van der Waals surface area (Å²) in [5.74, 6) is 2.28. The zero-order valence-electron chi connectivity index (χ0n) is 31.3. The largest absolute Gasteiger partial charge is 0.493 e. The Labute approximate surface area is 332 Å². The molecule has 54 heavy (non-hydrogen) atoms. The first-order chi connectivity index (χ1) is 26.1. The van der Waals surface area contributed by atoms with Crippen LogP contribution >= 0.6 is 35.0 Å². The Morgan fingerprint density at radius 1 is 0.926 bits per heavy atom. The molecule has 2 heterocycles. The van der Waals surface area contributed by atoms with Gasteiger partial charge in [-0.25, -0.2) is 9.18 Å². The summed E-state index contributed by atoms with van der Waals surface area (Å²) in [4.78, 5) is 18.4. The van der Waals surface area contributed by atoms with E-state index in [-0.39, 0.29) is 36.4 Å². The highest BCUT2D eigenvalue weighted by Crippen LogP contribution is 2.53. The number of hydrogen-bond donors (Lipinski definition) is 1. The summed E-state index contributed by atoms with van der Waals surface area (Å²) in [6, 6.07) is 23.9. The maximum atomic E-state index is 14.1. The van der Waals surface area contributed by atoms with E-state index in [2.05, 4.69) is 46.2 Å². The van der Waals surface area contributed by atoms with Crippen LogP contribution in [0.25, 0.3) is 0 Å².